The van der Waals surface area contributed by atoms with E-state index in [4.69, 9.17) is 4.84 Å². The second kappa shape index (κ2) is 8.11. The number of aromatic nitrogens is 1. The molecule has 0 aliphatic rings. The molecule has 19 heavy (non-hydrogen) atoms. The lowest BCUT2D eigenvalue weighted by Crippen LogP contribution is -2.31. The van der Waals surface area contributed by atoms with E-state index in [9.17, 15) is 9.35 Å². The lowest BCUT2D eigenvalue weighted by molar-refractivity contribution is -0.552. The van der Waals surface area contributed by atoms with Gasteiger partial charge >= 0.3 is 6.41 Å². The number of hydroxylamine groups is 1. The van der Waals surface area contributed by atoms with Crippen LogP contribution in [0.4, 0.5) is 5.69 Å². The first kappa shape index (κ1) is 17.8. The van der Waals surface area contributed by atoms with E-state index in [2.05, 4.69) is 0 Å². The third-order valence-corrected chi connectivity index (χ3v) is 3.77. The number of pyridine rings is 1. The molecule has 1 aromatic rings. The SMILES string of the molecule is CN(C)c1cc[n+](C=O)cc1.CON(C)S(C)(C)O. The zero-order chi connectivity index (χ0) is 15.1. The molecule has 0 fully saturated rings. The zero-order valence-corrected chi connectivity index (χ0v) is 13.2. The van der Waals surface area contributed by atoms with Crippen molar-refractivity contribution in [3.8, 4) is 0 Å². The maximum atomic E-state index is 10.2. The van der Waals surface area contributed by atoms with E-state index in [1.807, 2.05) is 31.1 Å². The van der Waals surface area contributed by atoms with Gasteiger partial charge in [-0.1, -0.05) is 10.5 Å². The molecule has 1 heterocycles. The number of rotatable bonds is 4. The molecule has 1 aromatic heterocycles. The number of anilines is 1. The minimum absolute atomic E-state index is 0.763. The summed E-state index contributed by atoms with van der Waals surface area (Å²) in [5.41, 5.74) is 1.09. The molecule has 0 saturated heterocycles. The minimum atomic E-state index is -1.64. The molecule has 0 aliphatic heterocycles. The highest BCUT2D eigenvalue weighted by Gasteiger charge is 2.11. The quantitative estimate of drug-likeness (QED) is 0.509. The van der Waals surface area contributed by atoms with Gasteiger partial charge in [0.2, 0.25) is 0 Å². The fraction of sp³-hybridized carbons (Fsp3) is 0.500. The van der Waals surface area contributed by atoms with Gasteiger partial charge in [0.15, 0.2) is 12.4 Å². The predicted molar refractivity (Wildman–Crippen MR) is 80.0 cm³/mol. The highest BCUT2D eigenvalue weighted by atomic mass is 32.3. The van der Waals surface area contributed by atoms with Crippen molar-refractivity contribution < 1.29 is 18.8 Å². The van der Waals surface area contributed by atoms with Crippen LogP contribution >= 0.6 is 10.5 Å². The summed E-state index contributed by atoms with van der Waals surface area (Å²) in [6, 6.07) is 3.77. The van der Waals surface area contributed by atoms with Gasteiger partial charge in [0, 0.05) is 51.5 Å². The van der Waals surface area contributed by atoms with Crippen LogP contribution in [-0.4, -0.2) is 56.2 Å². The molecule has 0 aliphatic carbocycles. The number of hydrogen-bond acceptors (Lipinski definition) is 5. The Morgan fingerprint density at radius 2 is 1.74 bits per heavy atom. The smallest absolute Gasteiger partial charge is 0.377 e. The lowest BCUT2D eigenvalue weighted by Gasteiger charge is -2.32. The summed E-state index contributed by atoms with van der Waals surface area (Å²) in [5.74, 6) is 0. The first-order chi connectivity index (χ1) is 8.72. The number of carbonyl (C=O) groups excluding carboxylic acids is 1. The zero-order valence-electron chi connectivity index (χ0n) is 12.4. The van der Waals surface area contributed by atoms with Crippen molar-refractivity contribution >= 4 is 22.6 Å². The van der Waals surface area contributed by atoms with Gasteiger partial charge in [-0.3, -0.25) is 4.84 Å². The van der Waals surface area contributed by atoms with Gasteiger partial charge in [-0.15, -0.1) is 9.04 Å². The molecule has 0 aromatic carbocycles. The molecule has 0 amide bonds. The van der Waals surface area contributed by atoms with Crippen LogP contribution in [0.2, 0.25) is 0 Å². The van der Waals surface area contributed by atoms with E-state index < -0.39 is 10.5 Å². The van der Waals surface area contributed by atoms with E-state index in [0.717, 1.165) is 12.1 Å². The minimum Gasteiger partial charge on any atom is -0.377 e. The predicted octanol–water partition coefficient (Wildman–Crippen LogP) is 1.01. The maximum absolute atomic E-state index is 10.2. The van der Waals surface area contributed by atoms with Crippen molar-refractivity contribution in [3.05, 3.63) is 24.5 Å². The fourth-order valence-corrected chi connectivity index (χ4v) is 1.35. The molecule has 0 spiro atoms. The van der Waals surface area contributed by atoms with Gasteiger partial charge in [0.1, 0.15) is 0 Å². The molecular formula is C12H24N3O3S+. The molecule has 0 radical (unpaired) electrons. The summed E-state index contributed by atoms with van der Waals surface area (Å²) >= 11 is 0. The molecule has 6 nitrogen and oxygen atoms in total. The molecule has 0 saturated carbocycles. The van der Waals surface area contributed by atoms with E-state index in [1.165, 1.54) is 16.1 Å². The molecule has 1 rings (SSSR count). The monoisotopic (exact) mass is 290 g/mol. The second-order valence-electron chi connectivity index (χ2n) is 4.35. The van der Waals surface area contributed by atoms with Gasteiger partial charge in [-0.2, -0.15) is 0 Å². The molecular weight excluding hydrogens is 266 g/mol. The van der Waals surface area contributed by atoms with Crippen LogP contribution in [0.1, 0.15) is 0 Å². The first-order valence-corrected chi connectivity index (χ1v) is 7.96. The Bertz CT molecular complexity index is 377. The average molecular weight is 290 g/mol. The molecule has 7 heteroatoms. The Hall–Kier alpha value is -1.15. The van der Waals surface area contributed by atoms with Gasteiger partial charge < -0.3 is 9.45 Å². The summed E-state index contributed by atoms with van der Waals surface area (Å²) in [5, 5.41) is 0. The van der Waals surface area contributed by atoms with Crippen LogP contribution in [0.15, 0.2) is 24.5 Å². The standard InChI is InChI=1S/C8H11N2O.C4H13NO2S/c1-9(2)8-3-5-10(7-11)6-4-8;1-5(7-2)8(3,4)6/h3-7H,1-2H3;6H,1-4H3/q+1;. The topological polar surface area (TPSA) is 56.9 Å². The molecule has 110 valence electrons. The van der Waals surface area contributed by atoms with E-state index in [1.54, 1.807) is 32.0 Å². The summed E-state index contributed by atoms with van der Waals surface area (Å²) < 4.78 is 12.1. The molecule has 0 bridgehead atoms. The molecule has 0 atom stereocenters. The van der Waals surface area contributed by atoms with Gasteiger partial charge in [-0.25, -0.2) is 4.79 Å². The summed E-state index contributed by atoms with van der Waals surface area (Å²) in [6.45, 7) is 0. The summed E-state index contributed by atoms with van der Waals surface area (Å²) in [7, 11) is 5.51. The largest absolute Gasteiger partial charge is 0.380 e. The number of carbonyl (C=O) groups is 1. The summed E-state index contributed by atoms with van der Waals surface area (Å²) in [6.07, 6.45) is 7.68. The summed E-state index contributed by atoms with van der Waals surface area (Å²) in [4.78, 5) is 17.0. The molecule has 0 unspecified atom stereocenters. The van der Waals surface area contributed by atoms with Crippen molar-refractivity contribution in [2.45, 2.75) is 0 Å². The number of hydrogen-bond donors (Lipinski definition) is 1. The van der Waals surface area contributed by atoms with Crippen molar-refractivity contribution in [2.24, 2.45) is 0 Å². The van der Waals surface area contributed by atoms with Gasteiger partial charge in [0.05, 0.1) is 7.11 Å². The Labute approximate surface area is 116 Å². The Balaban J connectivity index is 0.000000362. The fourth-order valence-electron chi connectivity index (χ4n) is 0.981. The van der Waals surface area contributed by atoms with E-state index >= 15 is 0 Å². The third-order valence-electron chi connectivity index (χ3n) is 2.36. The lowest BCUT2D eigenvalue weighted by atomic mass is 10.4. The van der Waals surface area contributed by atoms with Crippen molar-refractivity contribution in [3.63, 3.8) is 0 Å². The van der Waals surface area contributed by atoms with Crippen LogP contribution in [0, 0.1) is 0 Å². The average Bonchev–Trinajstić information content (AvgIpc) is 2.37. The van der Waals surface area contributed by atoms with Crippen molar-refractivity contribution in [2.75, 3.05) is 45.7 Å². The van der Waals surface area contributed by atoms with Crippen molar-refractivity contribution in [1.29, 1.82) is 0 Å². The Morgan fingerprint density at radius 3 is 1.95 bits per heavy atom. The van der Waals surface area contributed by atoms with Gasteiger partial charge in [-0.05, 0) is 0 Å². The Morgan fingerprint density at radius 1 is 1.26 bits per heavy atom. The maximum Gasteiger partial charge on any atom is 0.380 e. The van der Waals surface area contributed by atoms with Gasteiger partial charge in [0.25, 0.3) is 0 Å². The Kier molecular flexibility index (Phi) is 7.62. The highest BCUT2D eigenvalue weighted by Crippen LogP contribution is 2.36. The molecule has 1 N–H and O–H groups in total. The van der Waals surface area contributed by atoms with E-state index in [0.29, 0.717) is 0 Å². The van der Waals surface area contributed by atoms with Crippen LogP contribution in [0.3, 0.4) is 0 Å². The first-order valence-electron chi connectivity index (χ1n) is 5.59. The van der Waals surface area contributed by atoms with Crippen LogP contribution < -0.4 is 9.47 Å². The van der Waals surface area contributed by atoms with Crippen molar-refractivity contribution in [1.82, 2.24) is 4.47 Å². The van der Waals surface area contributed by atoms with Crippen LogP contribution in [-0.2, 0) is 9.63 Å². The van der Waals surface area contributed by atoms with Crippen LogP contribution in [0.5, 0.6) is 0 Å². The van der Waals surface area contributed by atoms with Crippen LogP contribution in [0.25, 0.3) is 0 Å². The highest BCUT2D eigenvalue weighted by molar-refractivity contribution is 8.25. The normalized spacial score (nSPS) is 11.6. The third kappa shape index (κ3) is 7.12. The van der Waals surface area contributed by atoms with E-state index in [-0.39, 0.29) is 0 Å². The second-order valence-corrected chi connectivity index (χ2v) is 7.30. The number of nitrogens with zero attached hydrogens (tertiary/aromatic N) is 3.